The van der Waals surface area contributed by atoms with Crippen LogP contribution in [0.1, 0.15) is 27.3 Å². The lowest BCUT2D eigenvalue weighted by Crippen LogP contribution is -2.25. The average Bonchev–Trinajstić information content (AvgIpc) is 3.31. The van der Waals surface area contributed by atoms with Crippen molar-refractivity contribution in [1.29, 1.82) is 5.41 Å². The number of anilines is 1. The minimum Gasteiger partial charge on any atom is -0.387 e. The molecule has 0 radical (unpaired) electrons. The van der Waals surface area contributed by atoms with Gasteiger partial charge in [-0.1, -0.05) is 30.0 Å². The molecule has 2 aromatic heterocycles. The molecule has 3 N–H and O–H groups in total. The summed E-state index contributed by atoms with van der Waals surface area (Å²) in [6.07, 6.45) is 3.17. The molecule has 0 fully saturated rings. The first kappa shape index (κ1) is 21.7. The molecule has 0 aliphatic heterocycles. The van der Waals surface area contributed by atoms with E-state index in [1.54, 1.807) is 11.8 Å². The SMILES string of the molecule is CNc1c(C=N)cccc1CNC(=O)c1cc(Sc2ccc3c(cnn3C)c2)c(C)n1C. The fourth-order valence-electron chi connectivity index (χ4n) is 3.78. The Morgan fingerprint density at radius 2 is 2.03 bits per heavy atom. The second-order valence-corrected chi connectivity index (χ2v) is 8.70. The first-order chi connectivity index (χ1) is 15.4. The first-order valence-corrected chi connectivity index (χ1v) is 11.1. The first-order valence-electron chi connectivity index (χ1n) is 10.3. The maximum atomic E-state index is 13.0. The Morgan fingerprint density at radius 3 is 2.78 bits per heavy atom. The van der Waals surface area contributed by atoms with E-state index in [0.717, 1.165) is 43.2 Å². The maximum Gasteiger partial charge on any atom is 0.268 e. The Balaban J connectivity index is 1.53. The van der Waals surface area contributed by atoms with E-state index in [1.165, 1.54) is 6.21 Å². The maximum absolute atomic E-state index is 13.0. The summed E-state index contributed by atoms with van der Waals surface area (Å²) in [6.45, 7) is 2.40. The Bertz CT molecular complexity index is 1320. The Hall–Kier alpha value is -3.52. The van der Waals surface area contributed by atoms with Crippen molar-refractivity contribution in [3.63, 3.8) is 0 Å². The lowest BCUT2D eigenvalue weighted by atomic mass is 10.1. The normalized spacial score (nSPS) is 11.0. The Morgan fingerprint density at radius 1 is 1.22 bits per heavy atom. The summed E-state index contributed by atoms with van der Waals surface area (Å²) in [4.78, 5) is 15.1. The molecular weight excluding hydrogens is 420 g/mol. The van der Waals surface area contributed by atoms with Crippen LogP contribution in [0.2, 0.25) is 0 Å². The van der Waals surface area contributed by atoms with E-state index < -0.39 is 0 Å². The van der Waals surface area contributed by atoms with E-state index in [-0.39, 0.29) is 5.91 Å². The van der Waals surface area contributed by atoms with Crippen LogP contribution in [0, 0.1) is 12.3 Å². The van der Waals surface area contributed by atoms with E-state index in [9.17, 15) is 4.79 Å². The summed E-state index contributed by atoms with van der Waals surface area (Å²) < 4.78 is 3.78. The van der Waals surface area contributed by atoms with Gasteiger partial charge >= 0.3 is 0 Å². The van der Waals surface area contributed by atoms with Gasteiger partial charge in [0.25, 0.3) is 5.91 Å². The van der Waals surface area contributed by atoms with Crippen molar-refractivity contribution in [2.24, 2.45) is 14.1 Å². The number of aryl methyl sites for hydroxylation is 1. The van der Waals surface area contributed by atoms with E-state index in [0.29, 0.717) is 12.2 Å². The molecule has 164 valence electrons. The van der Waals surface area contributed by atoms with Crippen LogP contribution < -0.4 is 10.6 Å². The molecule has 0 spiro atoms. The van der Waals surface area contributed by atoms with Gasteiger partial charge in [-0.05, 0) is 36.8 Å². The van der Waals surface area contributed by atoms with Gasteiger partial charge in [0.05, 0.1) is 11.7 Å². The largest absolute Gasteiger partial charge is 0.387 e. The molecule has 0 saturated carbocycles. The van der Waals surface area contributed by atoms with Crippen LogP contribution >= 0.6 is 11.8 Å². The van der Waals surface area contributed by atoms with E-state index in [4.69, 9.17) is 5.41 Å². The molecule has 0 aliphatic carbocycles. The van der Waals surface area contributed by atoms with Crippen molar-refractivity contribution in [3.8, 4) is 0 Å². The summed E-state index contributed by atoms with van der Waals surface area (Å²) in [7, 11) is 5.66. The predicted octanol–water partition coefficient (Wildman–Crippen LogP) is 4.34. The van der Waals surface area contributed by atoms with E-state index in [1.807, 2.05) is 67.8 Å². The molecular formula is C24H26N6OS. The van der Waals surface area contributed by atoms with Crippen molar-refractivity contribution in [1.82, 2.24) is 19.7 Å². The van der Waals surface area contributed by atoms with Gasteiger partial charge in [0, 0.05) is 66.0 Å². The fourth-order valence-corrected chi connectivity index (χ4v) is 4.81. The molecule has 7 nitrogen and oxygen atoms in total. The monoisotopic (exact) mass is 446 g/mol. The average molecular weight is 447 g/mol. The third-order valence-corrected chi connectivity index (χ3v) is 6.82. The number of carbonyl (C=O) groups excluding carboxylic acids is 1. The number of hydrogen-bond donors (Lipinski definition) is 3. The van der Waals surface area contributed by atoms with Crippen molar-refractivity contribution >= 4 is 40.5 Å². The van der Waals surface area contributed by atoms with Gasteiger partial charge < -0.3 is 20.6 Å². The third kappa shape index (κ3) is 4.01. The summed E-state index contributed by atoms with van der Waals surface area (Å²) in [5, 5.41) is 19.1. The minimum atomic E-state index is -0.132. The fraction of sp³-hybridized carbons (Fsp3) is 0.208. The van der Waals surface area contributed by atoms with Gasteiger partial charge in [0.1, 0.15) is 5.69 Å². The number of nitrogens with zero attached hydrogens (tertiary/aromatic N) is 3. The van der Waals surface area contributed by atoms with Crippen LogP contribution in [-0.4, -0.2) is 33.5 Å². The Kier molecular flexibility index (Phi) is 6.05. The molecule has 8 heteroatoms. The number of para-hydroxylation sites is 1. The molecule has 1 amide bonds. The molecule has 4 aromatic rings. The number of fused-ring (bicyclic) bond motifs is 1. The smallest absolute Gasteiger partial charge is 0.268 e. The second-order valence-electron chi connectivity index (χ2n) is 7.59. The van der Waals surface area contributed by atoms with Crippen LogP contribution in [-0.2, 0) is 20.6 Å². The highest BCUT2D eigenvalue weighted by Gasteiger charge is 2.17. The van der Waals surface area contributed by atoms with Gasteiger partial charge in [-0.2, -0.15) is 5.10 Å². The number of carbonyl (C=O) groups is 1. The number of aromatic nitrogens is 3. The summed E-state index contributed by atoms with van der Waals surface area (Å²) in [6, 6.07) is 13.9. The van der Waals surface area contributed by atoms with Gasteiger partial charge in [-0.3, -0.25) is 9.48 Å². The van der Waals surface area contributed by atoms with Gasteiger partial charge in [-0.15, -0.1) is 0 Å². The molecule has 0 unspecified atom stereocenters. The predicted molar refractivity (Wildman–Crippen MR) is 130 cm³/mol. The topological polar surface area (TPSA) is 87.7 Å². The van der Waals surface area contributed by atoms with Gasteiger partial charge in [-0.25, -0.2) is 0 Å². The highest BCUT2D eigenvalue weighted by Crippen LogP contribution is 2.34. The number of rotatable bonds is 7. The lowest BCUT2D eigenvalue weighted by molar-refractivity contribution is 0.0942. The quantitative estimate of drug-likeness (QED) is 0.369. The number of nitrogens with one attached hydrogen (secondary N) is 3. The van der Waals surface area contributed by atoms with Crippen molar-refractivity contribution in [2.75, 3.05) is 12.4 Å². The van der Waals surface area contributed by atoms with Crippen molar-refractivity contribution < 1.29 is 4.79 Å². The molecule has 32 heavy (non-hydrogen) atoms. The number of benzene rings is 2. The van der Waals surface area contributed by atoms with Gasteiger partial charge in [0.2, 0.25) is 0 Å². The highest BCUT2D eigenvalue weighted by atomic mass is 32.2. The molecule has 4 rings (SSSR count). The van der Waals surface area contributed by atoms with E-state index in [2.05, 4.69) is 33.9 Å². The van der Waals surface area contributed by atoms with Crippen LogP contribution in [0.5, 0.6) is 0 Å². The van der Waals surface area contributed by atoms with E-state index >= 15 is 0 Å². The molecule has 0 bridgehead atoms. The standard InChI is InChI=1S/C24H26N6OS/c1-15-22(32-19-8-9-20-18(10-19)14-28-30(20)4)11-21(29(15)3)24(31)27-13-17-7-5-6-16(12-25)23(17)26-2/h5-12,14,25-26H,13H2,1-4H3,(H,27,31). The van der Waals surface area contributed by atoms with Gasteiger partial charge in [0.15, 0.2) is 0 Å². The third-order valence-electron chi connectivity index (χ3n) is 5.69. The molecule has 0 aliphatic rings. The highest BCUT2D eigenvalue weighted by molar-refractivity contribution is 7.99. The van der Waals surface area contributed by atoms with Crippen LogP contribution in [0.25, 0.3) is 10.9 Å². The van der Waals surface area contributed by atoms with Crippen molar-refractivity contribution in [3.05, 3.63) is 71.2 Å². The number of amides is 1. The zero-order valence-electron chi connectivity index (χ0n) is 18.6. The second kappa shape index (κ2) is 8.92. The van der Waals surface area contributed by atoms with Crippen LogP contribution in [0.15, 0.2) is 58.5 Å². The van der Waals surface area contributed by atoms with Crippen LogP contribution in [0.4, 0.5) is 5.69 Å². The summed E-state index contributed by atoms with van der Waals surface area (Å²) in [5.41, 5.74) is 5.32. The number of hydrogen-bond acceptors (Lipinski definition) is 5. The molecule has 2 aromatic carbocycles. The minimum absolute atomic E-state index is 0.132. The van der Waals surface area contributed by atoms with Crippen LogP contribution in [0.3, 0.4) is 0 Å². The lowest BCUT2D eigenvalue weighted by Gasteiger charge is -2.13. The Labute approximate surface area is 191 Å². The molecule has 0 saturated heterocycles. The molecule has 0 atom stereocenters. The zero-order valence-corrected chi connectivity index (χ0v) is 19.4. The summed E-state index contributed by atoms with van der Waals surface area (Å²) in [5.74, 6) is -0.132. The van der Waals surface area contributed by atoms with Crippen molar-refractivity contribution in [2.45, 2.75) is 23.3 Å². The zero-order chi connectivity index (χ0) is 22.8. The molecule has 2 heterocycles. The summed E-state index contributed by atoms with van der Waals surface area (Å²) >= 11 is 1.64.